The first-order valence-electron chi connectivity index (χ1n) is 10.3. The van der Waals surface area contributed by atoms with Gasteiger partial charge in [-0.3, -0.25) is 0 Å². The molecule has 0 spiro atoms. The third-order valence-corrected chi connectivity index (χ3v) is 4.35. The van der Waals surface area contributed by atoms with Gasteiger partial charge in [0, 0.05) is 25.1 Å². The summed E-state index contributed by atoms with van der Waals surface area (Å²) in [6, 6.07) is 8.28. The van der Waals surface area contributed by atoms with Crippen molar-refractivity contribution in [2.45, 2.75) is 66.5 Å². The molecule has 0 amide bonds. The summed E-state index contributed by atoms with van der Waals surface area (Å²) in [6.07, 6.45) is 2.80. The number of nitrogens with zero attached hydrogens (tertiary/aromatic N) is 2. The molecule has 2 rings (SSSR count). The molecule has 0 saturated carbocycles. The Morgan fingerprint density at radius 1 is 1.10 bits per heavy atom. The van der Waals surface area contributed by atoms with Crippen molar-refractivity contribution in [2.24, 2.45) is 4.99 Å². The van der Waals surface area contributed by atoms with Crippen molar-refractivity contribution >= 4 is 29.9 Å². The highest BCUT2D eigenvalue weighted by molar-refractivity contribution is 14.0. The van der Waals surface area contributed by atoms with Crippen LogP contribution in [0.5, 0.6) is 5.75 Å². The summed E-state index contributed by atoms with van der Waals surface area (Å²) in [5.74, 6) is 2.65. The van der Waals surface area contributed by atoms with Crippen molar-refractivity contribution in [1.82, 2.24) is 15.8 Å². The highest BCUT2D eigenvalue weighted by Gasteiger charge is 2.13. The minimum Gasteiger partial charge on any atom is -0.491 e. The lowest BCUT2D eigenvalue weighted by Gasteiger charge is -2.12. The van der Waals surface area contributed by atoms with Gasteiger partial charge < -0.3 is 19.9 Å². The number of hydrogen-bond donors (Lipinski definition) is 2. The molecule has 0 unspecified atom stereocenters. The van der Waals surface area contributed by atoms with E-state index in [2.05, 4.69) is 48.7 Å². The lowest BCUT2D eigenvalue weighted by molar-refractivity contribution is 0.242. The topological polar surface area (TPSA) is 71.7 Å². The maximum atomic E-state index is 5.69. The maximum Gasteiger partial charge on any atom is 0.191 e. The van der Waals surface area contributed by atoms with Crippen LogP contribution in [0.25, 0.3) is 0 Å². The van der Waals surface area contributed by atoms with Crippen molar-refractivity contribution in [3.05, 3.63) is 46.8 Å². The van der Waals surface area contributed by atoms with Gasteiger partial charge >= 0.3 is 0 Å². The molecule has 0 aliphatic rings. The van der Waals surface area contributed by atoms with Crippen molar-refractivity contribution in [1.29, 1.82) is 0 Å². The zero-order valence-corrected chi connectivity index (χ0v) is 20.6. The summed E-state index contributed by atoms with van der Waals surface area (Å²) >= 11 is 0. The van der Waals surface area contributed by atoms with Crippen LogP contribution in [0.1, 0.15) is 57.2 Å². The molecular weight excluding hydrogens is 479 g/mol. The lowest BCUT2D eigenvalue weighted by Crippen LogP contribution is -2.38. The summed E-state index contributed by atoms with van der Waals surface area (Å²) in [5, 5.41) is 10.9. The Bertz CT molecular complexity index is 720. The Morgan fingerprint density at radius 3 is 2.41 bits per heavy atom. The second-order valence-electron chi connectivity index (χ2n) is 6.92. The van der Waals surface area contributed by atoms with Crippen LogP contribution in [-0.4, -0.2) is 30.3 Å². The molecule has 0 bridgehead atoms. The number of nitrogens with one attached hydrogen (secondary N) is 2. The zero-order chi connectivity index (χ0) is 20.4. The van der Waals surface area contributed by atoms with Gasteiger partial charge in [0.05, 0.1) is 18.3 Å². The standard InChI is InChI=1S/C22H34N4O2.HI/c1-6-20-19(21(7-2)28-26-20)15-25-22(23-8-3)24-14-13-17-9-11-18(12-10-17)27-16(4)5;/h9-12,16H,6-8,13-15H2,1-5H3,(H2,23,24,25);1H. The molecule has 0 fully saturated rings. The molecular formula is C22H35IN4O2. The SMILES string of the molecule is CCNC(=NCc1c(CC)noc1CC)NCCc1ccc(OC(C)C)cc1.I. The highest BCUT2D eigenvalue weighted by atomic mass is 127. The van der Waals surface area contributed by atoms with E-state index in [1.54, 1.807) is 0 Å². The van der Waals surface area contributed by atoms with Crippen LogP contribution in [0, 0.1) is 0 Å². The molecule has 0 aliphatic carbocycles. The molecule has 1 heterocycles. The summed E-state index contributed by atoms with van der Waals surface area (Å²) in [5.41, 5.74) is 3.38. The molecule has 1 aromatic heterocycles. The normalized spacial score (nSPS) is 11.3. The molecule has 0 aliphatic heterocycles. The number of ether oxygens (including phenoxy) is 1. The Kier molecular flexibility index (Phi) is 11.7. The second kappa shape index (κ2) is 13.5. The zero-order valence-electron chi connectivity index (χ0n) is 18.2. The molecule has 29 heavy (non-hydrogen) atoms. The van der Waals surface area contributed by atoms with Gasteiger partial charge in [0.1, 0.15) is 11.5 Å². The minimum atomic E-state index is 0. The van der Waals surface area contributed by atoms with Crippen LogP contribution in [0.4, 0.5) is 0 Å². The first-order chi connectivity index (χ1) is 13.6. The van der Waals surface area contributed by atoms with E-state index in [0.29, 0.717) is 6.54 Å². The smallest absolute Gasteiger partial charge is 0.191 e. The molecule has 0 radical (unpaired) electrons. The first kappa shape index (κ1) is 25.3. The summed E-state index contributed by atoms with van der Waals surface area (Å²) in [6.45, 7) is 12.5. The lowest BCUT2D eigenvalue weighted by atomic mass is 10.1. The molecule has 162 valence electrons. The largest absolute Gasteiger partial charge is 0.491 e. The predicted octanol–water partition coefficient (Wildman–Crippen LogP) is 4.50. The van der Waals surface area contributed by atoms with Gasteiger partial charge in [0.15, 0.2) is 5.96 Å². The molecule has 2 N–H and O–H groups in total. The van der Waals surface area contributed by atoms with Gasteiger partial charge in [-0.15, -0.1) is 24.0 Å². The van der Waals surface area contributed by atoms with Crippen LogP contribution >= 0.6 is 24.0 Å². The molecule has 7 heteroatoms. The fraction of sp³-hybridized carbons (Fsp3) is 0.545. The summed E-state index contributed by atoms with van der Waals surface area (Å²) in [4.78, 5) is 4.73. The van der Waals surface area contributed by atoms with Crippen molar-refractivity contribution < 1.29 is 9.26 Å². The van der Waals surface area contributed by atoms with Gasteiger partial charge in [-0.1, -0.05) is 31.1 Å². The van der Waals surface area contributed by atoms with E-state index >= 15 is 0 Å². The quantitative estimate of drug-likeness (QED) is 0.278. The molecule has 6 nitrogen and oxygen atoms in total. The Morgan fingerprint density at radius 2 is 1.83 bits per heavy atom. The van der Waals surface area contributed by atoms with E-state index in [9.17, 15) is 0 Å². The fourth-order valence-corrected chi connectivity index (χ4v) is 2.95. The van der Waals surface area contributed by atoms with E-state index in [-0.39, 0.29) is 30.1 Å². The number of rotatable bonds is 10. The van der Waals surface area contributed by atoms with E-state index in [1.165, 1.54) is 5.56 Å². The number of hydrogen-bond acceptors (Lipinski definition) is 4. The van der Waals surface area contributed by atoms with Gasteiger partial charge in [-0.25, -0.2) is 4.99 Å². The highest BCUT2D eigenvalue weighted by Crippen LogP contribution is 2.17. The third kappa shape index (κ3) is 8.24. The monoisotopic (exact) mass is 514 g/mol. The molecule has 0 atom stereocenters. The number of aryl methyl sites for hydroxylation is 2. The molecule has 2 aromatic rings. The Hall–Kier alpha value is -1.77. The average molecular weight is 514 g/mol. The minimum absolute atomic E-state index is 0. The molecule has 1 aromatic carbocycles. The second-order valence-corrected chi connectivity index (χ2v) is 6.92. The van der Waals surface area contributed by atoms with Crippen molar-refractivity contribution in [3.8, 4) is 5.75 Å². The van der Waals surface area contributed by atoms with Gasteiger partial charge in [0.25, 0.3) is 0 Å². The van der Waals surface area contributed by atoms with E-state index in [0.717, 1.165) is 61.1 Å². The average Bonchev–Trinajstić information content (AvgIpc) is 3.09. The number of aliphatic imine (C=N–C) groups is 1. The van der Waals surface area contributed by atoms with Crippen LogP contribution in [-0.2, 0) is 25.8 Å². The number of aromatic nitrogens is 1. The van der Waals surface area contributed by atoms with Crippen molar-refractivity contribution in [2.75, 3.05) is 13.1 Å². The number of benzene rings is 1. The van der Waals surface area contributed by atoms with Gasteiger partial charge in [0.2, 0.25) is 0 Å². The maximum absolute atomic E-state index is 5.69. The van der Waals surface area contributed by atoms with Crippen LogP contribution in [0.3, 0.4) is 0 Å². The van der Waals surface area contributed by atoms with Crippen molar-refractivity contribution in [3.63, 3.8) is 0 Å². The molecule has 0 saturated heterocycles. The van der Waals surface area contributed by atoms with Crippen LogP contribution in [0.2, 0.25) is 0 Å². The third-order valence-electron chi connectivity index (χ3n) is 4.35. The summed E-state index contributed by atoms with van der Waals surface area (Å²) < 4.78 is 11.1. The fourth-order valence-electron chi connectivity index (χ4n) is 2.95. The van der Waals surface area contributed by atoms with E-state index < -0.39 is 0 Å². The predicted molar refractivity (Wildman–Crippen MR) is 129 cm³/mol. The summed E-state index contributed by atoms with van der Waals surface area (Å²) in [7, 11) is 0. The van der Waals surface area contributed by atoms with E-state index in [1.807, 2.05) is 26.0 Å². The van der Waals surface area contributed by atoms with E-state index in [4.69, 9.17) is 14.3 Å². The van der Waals surface area contributed by atoms with Crippen LogP contribution < -0.4 is 15.4 Å². The first-order valence-corrected chi connectivity index (χ1v) is 10.3. The Labute approximate surface area is 191 Å². The number of halogens is 1. The van der Waals surface area contributed by atoms with Gasteiger partial charge in [-0.05, 0) is 51.3 Å². The Balaban J connectivity index is 0.00000420. The number of guanidine groups is 1. The van der Waals surface area contributed by atoms with Crippen LogP contribution in [0.15, 0.2) is 33.8 Å². The van der Waals surface area contributed by atoms with Gasteiger partial charge in [-0.2, -0.15) is 0 Å².